The number of rotatable bonds is 7. The highest BCUT2D eigenvalue weighted by molar-refractivity contribution is 7.80. The minimum Gasteiger partial charge on any atom is -0.345 e. The van der Waals surface area contributed by atoms with Crippen molar-refractivity contribution >= 4 is 23.0 Å². The Hall–Kier alpha value is -1.91. The summed E-state index contributed by atoms with van der Waals surface area (Å²) < 4.78 is 0. The number of aryl methyl sites for hydroxylation is 1. The van der Waals surface area contributed by atoms with Crippen LogP contribution in [0.3, 0.4) is 0 Å². The molecule has 0 aliphatic carbocycles. The van der Waals surface area contributed by atoms with E-state index in [0.29, 0.717) is 0 Å². The van der Waals surface area contributed by atoms with Gasteiger partial charge in [-0.05, 0) is 63.9 Å². The SMILES string of the molecule is Cc1ccc(NC(=S)N(CCCN(C)C)Cc2ccccc2)cc1. The number of thiocarbonyl (C=S) groups is 1. The van der Waals surface area contributed by atoms with Crippen molar-refractivity contribution in [1.29, 1.82) is 0 Å². The molecule has 3 nitrogen and oxygen atoms in total. The third-order valence-corrected chi connectivity index (χ3v) is 4.20. The van der Waals surface area contributed by atoms with Gasteiger partial charge in [0.15, 0.2) is 5.11 Å². The van der Waals surface area contributed by atoms with E-state index < -0.39 is 0 Å². The molecule has 0 fully saturated rings. The summed E-state index contributed by atoms with van der Waals surface area (Å²) in [5.74, 6) is 0. The molecule has 0 bridgehead atoms. The first-order valence-corrected chi connectivity index (χ1v) is 8.76. The van der Waals surface area contributed by atoms with E-state index in [4.69, 9.17) is 12.2 Å². The molecule has 0 spiro atoms. The third-order valence-electron chi connectivity index (χ3n) is 3.84. The van der Waals surface area contributed by atoms with Gasteiger partial charge in [0.2, 0.25) is 0 Å². The smallest absolute Gasteiger partial charge is 0.173 e. The van der Waals surface area contributed by atoms with Crippen LogP contribution in [-0.2, 0) is 6.54 Å². The Morgan fingerprint density at radius 1 is 0.958 bits per heavy atom. The summed E-state index contributed by atoms with van der Waals surface area (Å²) in [4.78, 5) is 4.45. The van der Waals surface area contributed by atoms with Gasteiger partial charge in [-0.3, -0.25) is 0 Å². The highest BCUT2D eigenvalue weighted by Gasteiger charge is 2.11. The van der Waals surface area contributed by atoms with Crippen LogP contribution in [0, 0.1) is 6.92 Å². The lowest BCUT2D eigenvalue weighted by Gasteiger charge is -2.27. The van der Waals surface area contributed by atoms with Crippen LogP contribution in [0.5, 0.6) is 0 Å². The molecule has 0 atom stereocenters. The largest absolute Gasteiger partial charge is 0.345 e. The van der Waals surface area contributed by atoms with Crippen molar-refractivity contribution in [1.82, 2.24) is 9.80 Å². The molecule has 2 rings (SSSR count). The predicted molar refractivity (Wildman–Crippen MR) is 107 cm³/mol. The van der Waals surface area contributed by atoms with Crippen LogP contribution in [0.4, 0.5) is 5.69 Å². The first kappa shape index (κ1) is 18.4. The molecule has 0 heterocycles. The minimum atomic E-state index is 0.779. The van der Waals surface area contributed by atoms with E-state index in [1.165, 1.54) is 11.1 Å². The summed E-state index contributed by atoms with van der Waals surface area (Å²) in [6.45, 7) is 4.90. The van der Waals surface area contributed by atoms with E-state index in [0.717, 1.165) is 36.9 Å². The van der Waals surface area contributed by atoms with Gasteiger partial charge in [0.05, 0.1) is 0 Å². The number of hydrogen-bond acceptors (Lipinski definition) is 2. The van der Waals surface area contributed by atoms with E-state index in [1.54, 1.807) is 0 Å². The Kier molecular flexibility index (Phi) is 7.22. The molecule has 128 valence electrons. The maximum absolute atomic E-state index is 5.67. The number of nitrogens with one attached hydrogen (secondary N) is 1. The standard InChI is InChI=1S/C20H27N3S/c1-17-10-12-19(13-11-17)21-20(24)23(15-7-14-22(2)3)16-18-8-5-4-6-9-18/h4-6,8-13H,7,14-16H2,1-3H3,(H,21,24). The lowest BCUT2D eigenvalue weighted by Crippen LogP contribution is -2.36. The summed E-state index contributed by atoms with van der Waals surface area (Å²) in [5, 5.41) is 4.15. The summed E-state index contributed by atoms with van der Waals surface area (Å²) in [5.41, 5.74) is 3.56. The van der Waals surface area contributed by atoms with Crippen LogP contribution in [0.25, 0.3) is 0 Å². The normalized spacial score (nSPS) is 10.7. The Morgan fingerprint density at radius 3 is 2.25 bits per heavy atom. The molecule has 0 unspecified atom stereocenters. The summed E-state index contributed by atoms with van der Waals surface area (Å²) in [7, 11) is 4.20. The molecule has 2 aromatic carbocycles. The Labute approximate surface area is 151 Å². The van der Waals surface area contributed by atoms with E-state index >= 15 is 0 Å². The van der Waals surface area contributed by atoms with Crippen LogP contribution in [0.15, 0.2) is 54.6 Å². The lowest BCUT2D eigenvalue weighted by atomic mass is 10.2. The molecule has 0 amide bonds. The van der Waals surface area contributed by atoms with Gasteiger partial charge in [-0.2, -0.15) is 0 Å². The fraction of sp³-hybridized carbons (Fsp3) is 0.350. The second-order valence-electron chi connectivity index (χ2n) is 6.36. The van der Waals surface area contributed by atoms with E-state index in [2.05, 4.69) is 84.7 Å². The van der Waals surface area contributed by atoms with E-state index in [1.807, 2.05) is 6.07 Å². The molecule has 0 saturated carbocycles. The van der Waals surface area contributed by atoms with E-state index in [9.17, 15) is 0 Å². The maximum atomic E-state index is 5.67. The van der Waals surface area contributed by atoms with Crippen molar-refractivity contribution in [3.8, 4) is 0 Å². The van der Waals surface area contributed by atoms with E-state index in [-0.39, 0.29) is 0 Å². The van der Waals surface area contributed by atoms with Crippen LogP contribution in [0.1, 0.15) is 17.5 Å². The second-order valence-corrected chi connectivity index (χ2v) is 6.75. The van der Waals surface area contributed by atoms with Crippen molar-refractivity contribution in [3.63, 3.8) is 0 Å². The zero-order chi connectivity index (χ0) is 17.4. The third kappa shape index (κ3) is 6.30. The Bertz CT molecular complexity index is 623. The van der Waals surface area contributed by atoms with Gasteiger partial charge >= 0.3 is 0 Å². The fourth-order valence-electron chi connectivity index (χ4n) is 2.47. The van der Waals surface area contributed by atoms with Crippen molar-refractivity contribution in [2.45, 2.75) is 19.9 Å². The van der Waals surface area contributed by atoms with Crippen molar-refractivity contribution in [2.24, 2.45) is 0 Å². The van der Waals surface area contributed by atoms with Gasteiger partial charge in [0, 0.05) is 18.8 Å². The molecule has 0 aromatic heterocycles. The topological polar surface area (TPSA) is 18.5 Å². The van der Waals surface area contributed by atoms with Crippen LogP contribution in [-0.4, -0.2) is 42.1 Å². The monoisotopic (exact) mass is 341 g/mol. The zero-order valence-corrected chi connectivity index (χ0v) is 15.6. The average Bonchev–Trinajstić information content (AvgIpc) is 2.56. The van der Waals surface area contributed by atoms with Gasteiger partial charge in [0.1, 0.15) is 0 Å². The van der Waals surface area contributed by atoms with Gasteiger partial charge in [-0.25, -0.2) is 0 Å². The van der Waals surface area contributed by atoms with Gasteiger partial charge < -0.3 is 15.1 Å². The molecule has 0 aliphatic rings. The first-order chi connectivity index (χ1) is 11.5. The van der Waals surface area contributed by atoms with Crippen molar-refractivity contribution in [3.05, 3.63) is 65.7 Å². The number of anilines is 1. The highest BCUT2D eigenvalue weighted by atomic mass is 32.1. The first-order valence-electron chi connectivity index (χ1n) is 8.36. The Balaban J connectivity index is 2.02. The zero-order valence-electron chi connectivity index (χ0n) is 14.8. The summed E-state index contributed by atoms with van der Waals surface area (Å²) >= 11 is 5.67. The molecular weight excluding hydrogens is 314 g/mol. The van der Waals surface area contributed by atoms with Gasteiger partial charge in [0.25, 0.3) is 0 Å². The van der Waals surface area contributed by atoms with Crippen LogP contribution >= 0.6 is 12.2 Å². The molecule has 4 heteroatoms. The quantitative estimate of drug-likeness (QED) is 0.762. The molecule has 1 N–H and O–H groups in total. The molecule has 0 aliphatic heterocycles. The fourth-order valence-corrected chi connectivity index (χ4v) is 2.75. The molecule has 2 aromatic rings. The van der Waals surface area contributed by atoms with Crippen molar-refractivity contribution in [2.75, 3.05) is 32.5 Å². The number of nitrogens with zero attached hydrogens (tertiary/aromatic N) is 2. The van der Waals surface area contributed by atoms with Crippen LogP contribution < -0.4 is 5.32 Å². The van der Waals surface area contributed by atoms with Crippen LogP contribution in [0.2, 0.25) is 0 Å². The number of hydrogen-bond donors (Lipinski definition) is 1. The summed E-state index contributed by atoms with van der Waals surface area (Å²) in [6.07, 6.45) is 1.08. The van der Waals surface area contributed by atoms with Gasteiger partial charge in [-0.1, -0.05) is 48.0 Å². The second kappa shape index (κ2) is 9.40. The molecule has 0 saturated heterocycles. The number of benzene rings is 2. The molecule has 24 heavy (non-hydrogen) atoms. The van der Waals surface area contributed by atoms with Gasteiger partial charge in [-0.15, -0.1) is 0 Å². The Morgan fingerprint density at radius 2 is 1.62 bits per heavy atom. The maximum Gasteiger partial charge on any atom is 0.173 e. The minimum absolute atomic E-state index is 0.779. The summed E-state index contributed by atoms with van der Waals surface area (Å²) in [6, 6.07) is 18.8. The molecule has 0 radical (unpaired) electrons. The average molecular weight is 342 g/mol. The predicted octanol–water partition coefficient (Wildman–Crippen LogP) is 4.15. The lowest BCUT2D eigenvalue weighted by molar-refractivity contribution is 0.346. The van der Waals surface area contributed by atoms with Crippen molar-refractivity contribution < 1.29 is 0 Å². The molecular formula is C20H27N3S. The highest BCUT2D eigenvalue weighted by Crippen LogP contribution is 2.12.